The summed E-state index contributed by atoms with van der Waals surface area (Å²) in [5, 5.41) is 9.68. The molecule has 1 N–H and O–H groups in total. The van der Waals surface area contributed by atoms with Gasteiger partial charge in [-0.15, -0.1) is 0 Å². The molecule has 0 spiro atoms. The summed E-state index contributed by atoms with van der Waals surface area (Å²) in [4.78, 5) is 28.6. The van der Waals surface area contributed by atoms with Crippen LogP contribution in [0, 0.1) is 5.41 Å². The maximum Gasteiger partial charge on any atom is 0.341 e. The van der Waals surface area contributed by atoms with Gasteiger partial charge in [0, 0.05) is 44.4 Å². The lowest BCUT2D eigenvalue weighted by molar-refractivity contribution is 0.0693. The Morgan fingerprint density at radius 2 is 2.13 bits per heavy atom. The number of carboxylic acids is 1. The van der Waals surface area contributed by atoms with Crippen LogP contribution in [0.3, 0.4) is 0 Å². The van der Waals surface area contributed by atoms with Gasteiger partial charge in [0.05, 0.1) is 18.0 Å². The van der Waals surface area contributed by atoms with Gasteiger partial charge in [0.25, 0.3) is 0 Å². The lowest BCUT2D eigenvalue weighted by Gasteiger charge is -2.39. The van der Waals surface area contributed by atoms with E-state index in [1.807, 2.05) is 10.6 Å². The molecule has 1 fully saturated rings. The summed E-state index contributed by atoms with van der Waals surface area (Å²) >= 11 is 6.41. The second-order valence-corrected chi connectivity index (χ2v) is 9.00. The highest BCUT2D eigenvalue weighted by Gasteiger charge is 2.48. The highest BCUT2D eigenvalue weighted by atomic mass is 35.5. The van der Waals surface area contributed by atoms with E-state index in [1.54, 1.807) is 7.11 Å². The second-order valence-electron chi connectivity index (χ2n) is 8.64. The Morgan fingerprint density at radius 1 is 1.37 bits per heavy atom. The van der Waals surface area contributed by atoms with Crippen molar-refractivity contribution in [2.75, 3.05) is 20.3 Å². The Morgan fingerprint density at radius 3 is 2.83 bits per heavy atom. The molecule has 0 amide bonds. The van der Waals surface area contributed by atoms with Gasteiger partial charge in [-0.25, -0.2) is 9.78 Å². The zero-order valence-electron chi connectivity index (χ0n) is 17.3. The number of methoxy groups -OCH3 is 1. The van der Waals surface area contributed by atoms with Gasteiger partial charge in [-0.2, -0.15) is 0 Å². The van der Waals surface area contributed by atoms with Crippen molar-refractivity contribution in [2.45, 2.75) is 45.1 Å². The van der Waals surface area contributed by atoms with E-state index in [0.717, 1.165) is 24.8 Å². The molecular formula is C22H25ClN2O5. The number of hydrogen-bond donors (Lipinski definition) is 1. The molecular weight excluding hydrogens is 408 g/mol. The van der Waals surface area contributed by atoms with Crippen LogP contribution in [0.4, 0.5) is 0 Å². The minimum Gasteiger partial charge on any atom is -0.490 e. The molecule has 1 aliphatic carbocycles. The Balaban J connectivity index is 1.86. The van der Waals surface area contributed by atoms with Crippen LogP contribution in [0.1, 0.15) is 61.0 Å². The van der Waals surface area contributed by atoms with Crippen molar-refractivity contribution in [3.05, 3.63) is 44.8 Å². The van der Waals surface area contributed by atoms with Crippen molar-refractivity contribution in [3.63, 3.8) is 0 Å². The number of nitrogens with zero attached hydrogens (tertiary/aromatic N) is 2. The fourth-order valence-corrected chi connectivity index (χ4v) is 5.06. The molecule has 8 heteroatoms. The van der Waals surface area contributed by atoms with Gasteiger partial charge < -0.3 is 19.1 Å². The quantitative estimate of drug-likeness (QED) is 0.545. The molecule has 160 valence electrons. The monoisotopic (exact) mass is 432 g/mol. The van der Waals surface area contributed by atoms with Crippen molar-refractivity contribution < 1.29 is 19.4 Å². The molecule has 0 radical (unpaired) electrons. The van der Waals surface area contributed by atoms with Gasteiger partial charge >= 0.3 is 5.97 Å². The van der Waals surface area contributed by atoms with Crippen LogP contribution in [-0.2, 0) is 4.74 Å². The number of aromatic nitrogens is 2. The SMILES string of the molecule is COCCCOc1cc2c(nc1Cl)-c1cc(=O)c(C(=O)O)cn1[C@H]1C2CCC1(C)C. The van der Waals surface area contributed by atoms with Crippen LogP contribution in [0.15, 0.2) is 23.1 Å². The number of rotatable bonds is 6. The third kappa shape index (κ3) is 3.40. The largest absolute Gasteiger partial charge is 0.490 e. The second kappa shape index (κ2) is 7.71. The molecule has 0 saturated heterocycles. The number of ether oxygens (including phenoxy) is 2. The first-order valence-corrected chi connectivity index (χ1v) is 10.4. The highest BCUT2D eigenvalue weighted by molar-refractivity contribution is 6.31. The number of fused-ring (bicyclic) bond motifs is 6. The summed E-state index contributed by atoms with van der Waals surface area (Å²) in [6, 6.07) is 3.33. The van der Waals surface area contributed by atoms with E-state index in [1.165, 1.54) is 12.3 Å². The Labute approximate surface area is 179 Å². The maximum atomic E-state index is 12.5. The fraction of sp³-hybridized carbons (Fsp3) is 0.500. The van der Waals surface area contributed by atoms with E-state index in [-0.39, 0.29) is 28.1 Å². The molecule has 2 atom stereocenters. The van der Waals surface area contributed by atoms with Crippen LogP contribution in [-0.4, -0.2) is 41.0 Å². The smallest absolute Gasteiger partial charge is 0.341 e. The van der Waals surface area contributed by atoms with Crippen LogP contribution in [0.2, 0.25) is 5.15 Å². The summed E-state index contributed by atoms with van der Waals surface area (Å²) in [6.45, 7) is 5.41. The van der Waals surface area contributed by atoms with Crippen LogP contribution >= 0.6 is 11.6 Å². The van der Waals surface area contributed by atoms with E-state index in [0.29, 0.717) is 30.4 Å². The molecule has 0 bridgehead atoms. The summed E-state index contributed by atoms with van der Waals surface area (Å²) < 4.78 is 12.8. The summed E-state index contributed by atoms with van der Waals surface area (Å²) in [7, 11) is 1.64. The Hall–Kier alpha value is -2.38. The van der Waals surface area contributed by atoms with Gasteiger partial charge in [0.2, 0.25) is 0 Å². The molecule has 2 aliphatic rings. The van der Waals surface area contributed by atoms with Crippen molar-refractivity contribution in [1.29, 1.82) is 0 Å². The van der Waals surface area contributed by atoms with Crippen molar-refractivity contribution in [3.8, 4) is 17.1 Å². The zero-order chi connectivity index (χ0) is 21.6. The van der Waals surface area contributed by atoms with E-state index in [4.69, 9.17) is 21.1 Å². The van der Waals surface area contributed by atoms with Crippen molar-refractivity contribution in [1.82, 2.24) is 9.55 Å². The van der Waals surface area contributed by atoms with Gasteiger partial charge in [-0.3, -0.25) is 4.79 Å². The van der Waals surface area contributed by atoms with E-state index in [2.05, 4.69) is 18.8 Å². The molecule has 1 aliphatic heterocycles. The molecule has 2 aromatic rings. The minimum absolute atomic E-state index is 0.0167. The van der Waals surface area contributed by atoms with Crippen molar-refractivity contribution >= 4 is 17.6 Å². The Kier molecular flexibility index (Phi) is 5.36. The average Bonchev–Trinajstić information content (AvgIpc) is 3.01. The molecule has 1 saturated carbocycles. The minimum atomic E-state index is -1.22. The number of hydrogen-bond acceptors (Lipinski definition) is 5. The molecule has 0 aromatic carbocycles. The first-order chi connectivity index (χ1) is 14.2. The number of halogens is 1. The van der Waals surface area contributed by atoms with E-state index >= 15 is 0 Å². The third-order valence-electron chi connectivity index (χ3n) is 6.26. The fourth-order valence-electron chi connectivity index (χ4n) is 4.87. The summed E-state index contributed by atoms with van der Waals surface area (Å²) in [5.74, 6) is -0.565. The third-order valence-corrected chi connectivity index (χ3v) is 6.53. The lowest BCUT2D eigenvalue weighted by atomic mass is 9.79. The van der Waals surface area contributed by atoms with Crippen LogP contribution < -0.4 is 10.2 Å². The zero-order valence-corrected chi connectivity index (χ0v) is 18.0. The molecule has 3 heterocycles. The molecule has 1 unspecified atom stereocenters. The maximum absolute atomic E-state index is 12.5. The molecule has 2 aromatic heterocycles. The predicted molar refractivity (Wildman–Crippen MR) is 113 cm³/mol. The van der Waals surface area contributed by atoms with Crippen molar-refractivity contribution in [2.24, 2.45) is 5.41 Å². The average molecular weight is 433 g/mol. The molecule has 7 nitrogen and oxygen atoms in total. The highest BCUT2D eigenvalue weighted by Crippen LogP contribution is 2.59. The first kappa shape index (κ1) is 20.9. The normalized spacial score (nSPS) is 20.9. The van der Waals surface area contributed by atoms with Gasteiger partial charge in [0.1, 0.15) is 5.56 Å². The van der Waals surface area contributed by atoms with Crippen LogP contribution in [0.25, 0.3) is 11.4 Å². The number of aromatic carboxylic acids is 1. The topological polar surface area (TPSA) is 90.7 Å². The van der Waals surface area contributed by atoms with E-state index < -0.39 is 11.4 Å². The van der Waals surface area contributed by atoms with Gasteiger partial charge in [0.15, 0.2) is 16.3 Å². The number of carboxylic acid groups (broad SMARTS) is 1. The summed E-state index contributed by atoms with van der Waals surface area (Å²) in [6.07, 6.45) is 4.12. The standard InChI is InChI=1S/C22H25ClN2O5/c1-22(2)6-5-12-13-9-17(30-8-4-7-29-3)20(23)24-18(13)15-10-16(26)14(21(27)28)11-25(15)19(12)22/h9-12,19H,4-8H2,1-3H3,(H,27,28)/t12?,19-/m0/s1. The van der Waals surface area contributed by atoms with Gasteiger partial charge in [-0.1, -0.05) is 25.4 Å². The Bertz CT molecular complexity index is 1060. The number of carbonyl (C=O) groups is 1. The first-order valence-electron chi connectivity index (χ1n) is 10.1. The predicted octanol–water partition coefficient (Wildman–Crippen LogP) is 4.14. The molecule has 4 rings (SSSR count). The van der Waals surface area contributed by atoms with Crippen LogP contribution in [0.5, 0.6) is 5.75 Å². The van der Waals surface area contributed by atoms with E-state index in [9.17, 15) is 14.7 Å². The van der Waals surface area contributed by atoms with Gasteiger partial charge in [-0.05, 0) is 29.9 Å². The lowest BCUT2D eigenvalue weighted by Crippen LogP contribution is -2.32. The summed E-state index contributed by atoms with van der Waals surface area (Å²) in [5.41, 5.74) is 1.39. The number of pyridine rings is 2. The molecule has 30 heavy (non-hydrogen) atoms.